The molecule has 1 aliphatic heterocycles. The highest BCUT2D eigenvalue weighted by Gasteiger charge is 2.35. The molecule has 2 aromatic rings. The van der Waals surface area contributed by atoms with Crippen molar-refractivity contribution in [3.05, 3.63) is 59.9 Å². The number of rotatable bonds is 6. The molecule has 1 atom stereocenters. The van der Waals surface area contributed by atoms with Crippen LogP contribution in [0.3, 0.4) is 0 Å². The van der Waals surface area contributed by atoms with Crippen molar-refractivity contribution in [1.82, 2.24) is 4.90 Å². The Hall–Kier alpha value is -2.93. The first-order valence-electron chi connectivity index (χ1n) is 9.17. The number of carbonyl (C=O) groups is 2. The van der Waals surface area contributed by atoms with Crippen molar-refractivity contribution in [2.45, 2.75) is 13.3 Å². The van der Waals surface area contributed by atoms with Gasteiger partial charge in [0, 0.05) is 13.1 Å². The predicted octanol–water partition coefficient (Wildman–Crippen LogP) is 2.65. The molecule has 148 valence electrons. The number of para-hydroxylation sites is 2. The van der Waals surface area contributed by atoms with Crippen LogP contribution in [0.4, 0.5) is 10.1 Å². The minimum absolute atomic E-state index is 0.0783. The summed E-state index contributed by atoms with van der Waals surface area (Å²) in [7, 11) is 0. The van der Waals surface area contributed by atoms with Gasteiger partial charge in [-0.15, -0.1) is 0 Å². The summed E-state index contributed by atoms with van der Waals surface area (Å²) in [6, 6.07) is 12.7. The number of nitrogens with two attached hydrogens (primary N) is 1. The number of carbonyl (C=O) groups excluding carboxylic acids is 2. The monoisotopic (exact) mass is 385 g/mol. The summed E-state index contributed by atoms with van der Waals surface area (Å²) in [6.07, 6.45) is 0.851. The van der Waals surface area contributed by atoms with Gasteiger partial charge in [0.15, 0.2) is 6.61 Å². The standard InChI is InChI=1S/C21H24FN3O3/c1-21(13-23)10-11-25(14-21)20(27)15-6-2-5-9-18(15)28-12-19(26)24-17-8-4-3-7-16(17)22/h2-9H,10-14,23H2,1H3,(H,24,26). The Labute approximate surface area is 163 Å². The summed E-state index contributed by atoms with van der Waals surface area (Å²) >= 11 is 0. The van der Waals surface area contributed by atoms with Crippen LogP contribution in [0.5, 0.6) is 5.75 Å². The van der Waals surface area contributed by atoms with Crippen molar-refractivity contribution in [3.8, 4) is 5.75 Å². The quantitative estimate of drug-likeness (QED) is 0.801. The Bertz CT molecular complexity index is 873. The lowest BCUT2D eigenvalue weighted by molar-refractivity contribution is -0.118. The molecule has 1 unspecified atom stereocenters. The van der Waals surface area contributed by atoms with E-state index >= 15 is 0 Å². The first kappa shape index (κ1) is 19.8. The summed E-state index contributed by atoms with van der Waals surface area (Å²) in [6.45, 7) is 3.47. The second kappa shape index (κ2) is 8.39. The van der Waals surface area contributed by atoms with E-state index in [1.807, 2.05) is 0 Å². The van der Waals surface area contributed by atoms with Crippen LogP contribution in [0.15, 0.2) is 48.5 Å². The maximum atomic E-state index is 13.6. The molecule has 28 heavy (non-hydrogen) atoms. The molecule has 7 heteroatoms. The average molecular weight is 385 g/mol. The molecule has 0 aliphatic carbocycles. The van der Waals surface area contributed by atoms with E-state index in [2.05, 4.69) is 12.2 Å². The molecule has 1 heterocycles. The molecule has 1 aliphatic rings. The minimum atomic E-state index is -0.525. The molecule has 6 nitrogen and oxygen atoms in total. The van der Waals surface area contributed by atoms with Crippen molar-refractivity contribution in [1.29, 1.82) is 0 Å². The van der Waals surface area contributed by atoms with E-state index in [1.54, 1.807) is 35.2 Å². The Balaban J connectivity index is 1.65. The van der Waals surface area contributed by atoms with E-state index in [1.165, 1.54) is 18.2 Å². The van der Waals surface area contributed by atoms with Crippen LogP contribution in [0.2, 0.25) is 0 Å². The zero-order valence-electron chi connectivity index (χ0n) is 15.8. The molecular formula is C21H24FN3O3. The fourth-order valence-electron chi connectivity index (χ4n) is 3.20. The Morgan fingerprint density at radius 3 is 2.64 bits per heavy atom. The highest BCUT2D eigenvalue weighted by molar-refractivity contribution is 5.97. The van der Waals surface area contributed by atoms with E-state index in [0.29, 0.717) is 30.9 Å². The van der Waals surface area contributed by atoms with E-state index in [-0.39, 0.29) is 23.6 Å². The summed E-state index contributed by atoms with van der Waals surface area (Å²) < 4.78 is 19.2. The van der Waals surface area contributed by atoms with Gasteiger partial charge in [0.05, 0.1) is 11.3 Å². The van der Waals surface area contributed by atoms with Gasteiger partial charge < -0.3 is 20.7 Å². The lowest BCUT2D eigenvalue weighted by Crippen LogP contribution is -2.34. The zero-order valence-corrected chi connectivity index (χ0v) is 15.8. The normalized spacial score (nSPS) is 18.8. The number of anilines is 1. The molecule has 1 fully saturated rings. The number of nitrogens with one attached hydrogen (secondary N) is 1. The third-order valence-electron chi connectivity index (χ3n) is 4.96. The fraction of sp³-hybridized carbons (Fsp3) is 0.333. The lowest BCUT2D eigenvalue weighted by Gasteiger charge is -2.23. The number of likely N-dealkylation sites (tertiary alicyclic amines) is 1. The molecule has 2 amide bonds. The van der Waals surface area contributed by atoms with Crippen LogP contribution >= 0.6 is 0 Å². The van der Waals surface area contributed by atoms with Crippen LogP contribution in [0.25, 0.3) is 0 Å². The van der Waals surface area contributed by atoms with Crippen molar-refractivity contribution in [3.63, 3.8) is 0 Å². The topological polar surface area (TPSA) is 84.7 Å². The van der Waals surface area contributed by atoms with Gasteiger partial charge in [0.1, 0.15) is 11.6 Å². The minimum Gasteiger partial charge on any atom is -0.483 e. The molecule has 1 saturated heterocycles. The first-order chi connectivity index (χ1) is 13.4. The van der Waals surface area contributed by atoms with Crippen LogP contribution in [-0.4, -0.2) is 43.0 Å². The molecule has 2 aromatic carbocycles. The van der Waals surface area contributed by atoms with Gasteiger partial charge in [0.2, 0.25) is 0 Å². The average Bonchev–Trinajstić information content (AvgIpc) is 3.11. The maximum absolute atomic E-state index is 13.6. The van der Waals surface area contributed by atoms with Gasteiger partial charge in [-0.05, 0) is 42.6 Å². The summed E-state index contributed by atoms with van der Waals surface area (Å²) in [5.74, 6) is -0.868. The van der Waals surface area contributed by atoms with Crippen LogP contribution in [0, 0.1) is 11.2 Å². The van der Waals surface area contributed by atoms with Gasteiger partial charge in [-0.1, -0.05) is 31.2 Å². The molecule has 3 rings (SSSR count). The number of benzene rings is 2. The zero-order chi connectivity index (χ0) is 20.1. The van der Waals surface area contributed by atoms with Crippen molar-refractivity contribution in [2.24, 2.45) is 11.1 Å². The number of ether oxygens (including phenoxy) is 1. The first-order valence-corrected chi connectivity index (χ1v) is 9.17. The van der Waals surface area contributed by atoms with Crippen LogP contribution in [0.1, 0.15) is 23.7 Å². The van der Waals surface area contributed by atoms with Gasteiger partial charge in [-0.2, -0.15) is 0 Å². The number of amides is 2. The van der Waals surface area contributed by atoms with Crippen molar-refractivity contribution >= 4 is 17.5 Å². The molecule has 3 N–H and O–H groups in total. The van der Waals surface area contributed by atoms with Crippen LogP contribution < -0.4 is 15.8 Å². The van der Waals surface area contributed by atoms with Crippen LogP contribution in [-0.2, 0) is 4.79 Å². The van der Waals surface area contributed by atoms with E-state index in [4.69, 9.17) is 10.5 Å². The Morgan fingerprint density at radius 2 is 1.93 bits per heavy atom. The van der Waals surface area contributed by atoms with E-state index < -0.39 is 11.7 Å². The highest BCUT2D eigenvalue weighted by atomic mass is 19.1. The fourth-order valence-corrected chi connectivity index (χ4v) is 3.20. The number of halogens is 1. The van der Waals surface area contributed by atoms with Gasteiger partial charge in [-0.25, -0.2) is 4.39 Å². The highest BCUT2D eigenvalue weighted by Crippen LogP contribution is 2.31. The molecule has 0 radical (unpaired) electrons. The number of hydrogen-bond donors (Lipinski definition) is 2. The molecule has 0 spiro atoms. The van der Waals surface area contributed by atoms with E-state index in [9.17, 15) is 14.0 Å². The third kappa shape index (κ3) is 4.48. The second-order valence-corrected chi connectivity index (χ2v) is 7.30. The molecule has 0 aromatic heterocycles. The number of hydrogen-bond acceptors (Lipinski definition) is 4. The molecule has 0 saturated carbocycles. The summed E-state index contributed by atoms with van der Waals surface area (Å²) in [5.41, 5.74) is 6.22. The Kier molecular flexibility index (Phi) is 5.94. The number of nitrogens with zero attached hydrogens (tertiary/aromatic N) is 1. The Morgan fingerprint density at radius 1 is 1.21 bits per heavy atom. The largest absolute Gasteiger partial charge is 0.483 e. The lowest BCUT2D eigenvalue weighted by atomic mass is 9.90. The summed E-state index contributed by atoms with van der Waals surface area (Å²) in [5, 5.41) is 2.45. The SMILES string of the molecule is CC1(CN)CCN(C(=O)c2ccccc2OCC(=O)Nc2ccccc2F)C1. The third-order valence-corrected chi connectivity index (χ3v) is 4.96. The maximum Gasteiger partial charge on any atom is 0.262 e. The smallest absolute Gasteiger partial charge is 0.262 e. The van der Waals surface area contributed by atoms with Gasteiger partial charge in [-0.3, -0.25) is 9.59 Å². The molecular weight excluding hydrogens is 361 g/mol. The van der Waals surface area contributed by atoms with Gasteiger partial charge in [0.25, 0.3) is 11.8 Å². The van der Waals surface area contributed by atoms with E-state index in [0.717, 1.165) is 6.42 Å². The molecule has 0 bridgehead atoms. The predicted molar refractivity (Wildman–Crippen MR) is 105 cm³/mol. The van der Waals surface area contributed by atoms with Crippen molar-refractivity contribution < 1.29 is 18.7 Å². The van der Waals surface area contributed by atoms with Gasteiger partial charge >= 0.3 is 0 Å². The second-order valence-electron chi connectivity index (χ2n) is 7.30. The summed E-state index contributed by atoms with van der Waals surface area (Å²) in [4.78, 5) is 26.8. The van der Waals surface area contributed by atoms with Crippen molar-refractivity contribution in [2.75, 3.05) is 31.6 Å².